The Balaban J connectivity index is 1.27. The van der Waals surface area contributed by atoms with Crippen LogP contribution in [0.25, 0.3) is 0 Å². The maximum Gasteiger partial charge on any atom is 0.238 e. The van der Waals surface area contributed by atoms with Crippen molar-refractivity contribution in [3.05, 3.63) is 64.1 Å². The van der Waals surface area contributed by atoms with Crippen LogP contribution in [0, 0.1) is 6.92 Å². The lowest BCUT2D eigenvalue weighted by Gasteiger charge is -2.20. The van der Waals surface area contributed by atoms with Crippen LogP contribution in [0.3, 0.4) is 0 Å². The van der Waals surface area contributed by atoms with Gasteiger partial charge in [0.05, 0.1) is 18.7 Å². The predicted molar refractivity (Wildman–Crippen MR) is 133 cm³/mol. The highest BCUT2D eigenvalue weighted by Crippen LogP contribution is 2.32. The maximum absolute atomic E-state index is 12.6. The van der Waals surface area contributed by atoms with Gasteiger partial charge >= 0.3 is 0 Å². The van der Waals surface area contributed by atoms with E-state index < -0.39 is 0 Å². The smallest absolute Gasteiger partial charge is 0.238 e. The number of nitrogens with zero attached hydrogens (tertiary/aromatic N) is 2. The number of aryl methyl sites for hydroxylation is 1. The number of hydrogen-bond donors (Lipinski definition) is 2. The number of amides is 2. The number of hydrogen-bond acceptors (Lipinski definition) is 7. The van der Waals surface area contributed by atoms with E-state index in [0.717, 1.165) is 22.0 Å². The molecule has 1 aliphatic heterocycles. The Hall–Kier alpha value is -3.43. The molecule has 8 nitrogen and oxygen atoms in total. The molecule has 178 valence electrons. The first-order valence-electron chi connectivity index (χ1n) is 11.2. The largest absolute Gasteiger partial charge is 0.486 e. The van der Waals surface area contributed by atoms with Crippen molar-refractivity contribution in [1.82, 2.24) is 9.88 Å². The summed E-state index contributed by atoms with van der Waals surface area (Å²) in [6.07, 6.45) is 0.218. The number of aromatic nitrogens is 1. The van der Waals surface area contributed by atoms with E-state index in [0.29, 0.717) is 43.5 Å². The highest BCUT2D eigenvalue weighted by molar-refractivity contribution is 7.09. The normalized spacial score (nSPS) is 12.4. The molecular formula is C25H28N4O4S. The van der Waals surface area contributed by atoms with Crippen molar-refractivity contribution in [3.8, 4) is 11.5 Å². The summed E-state index contributed by atoms with van der Waals surface area (Å²) in [4.78, 5) is 31.5. The Labute approximate surface area is 202 Å². The molecule has 0 atom stereocenters. The number of nitrogens with one attached hydrogen (secondary N) is 2. The van der Waals surface area contributed by atoms with Gasteiger partial charge in [0, 0.05) is 29.4 Å². The maximum atomic E-state index is 12.6. The van der Waals surface area contributed by atoms with Crippen molar-refractivity contribution in [3.63, 3.8) is 0 Å². The molecule has 0 bridgehead atoms. The lowest BCUT2D eigenvalue weighted by Crippen LogP contribution is -2.32. The number of benzene rings is 2. The Kier molecular flexibility index (Phi) is 7.76. The lowest BCUT2D eigenvalue weighted by atomic mass is 10.2. The standard InChI is InChI=1S/C25H28N4O4S/c1-3-29(15-24(31)27-19-8-9-21-22(12-19)33-11-10-32-21)14-20-16-34-25(28-20)13-23(30)26-18-6-4-17(2)5-7-18/h4-9,12,16H,3,10-11,13-15H2,1-2H3,(H,26,30)(H,27,31). The van der Waals surface area contributed by atoms with Gasteiger partial charge in [0.15, 0.2) is 11.5 Å². The number of fused-ring (bicyclic) bond motifs is 1. The monoisotopic (exact) mass is 480 g/mol. The van der Waals surface area contributed by atoms with Crippen LogP contribution in [-0.2, 0) is 22.6 Å². The zero-order valence-corrected chi connectivity index (χ0v) is 20.1. The van der Waals surface area contributed by atoms with Crippen LogP contribution >= 0.6 is 11.3 Å². The Morgan fingerprint density at radius 1 is 1.00 bits per heavy atom. The molecule has 2 aromatic carbocycles. The van der Waals surface area contributed by atoms with Crippen LogP contribution in [0.4, 0.5) is 11.4 Å². The quantitative estimate of drug-likeness (QED) is 0.483. The molecule has 0 radical (unpaired) electrons. The van der Waals surface area contributed by atoms with E-state index in [1.165, 1.54) is 11.3 Å². The van der Waals surface area contributed by atoms with Gasteiger partial charge in [0.1, 0.15) is 18.2 Å². The average molecular weight is 481 g/mol. The Morgan fingerprint density at radius 3 is 2.47 bits per heavy atom. The van der Waals surface area contributed by atoms with E-state index >= 15 is 0 Å². The highest BCUT2D eigenvalue weighted by atomic mass is 32.1. The molecule has 0 saturated heterocycles. The first-order chi connectivity index (χ1) is 16.5. The fraction of sp³-hybridized carbons (Fsp3) is 0.320. The minimum Gasteiger partial charge on any atom is -0.486 e. The number of ether oxygens (including phenoxy) is 2. The van der Waals surface area contributed by atoms with E-state index in [1.807, 2.05) is 48.4 Å². The van der Waals surface area contributed by atoms with Gasteiger partial charge in [-0.05, 0) is 37.7 Å². The zero-order valence-electron chi connectivity index (χ0n) is 19.3. The lowest BCUT2D eigenvalue weighted by molar-refractivity contribution is -0.117. The molecule has 0 saturated carbocycles. The summed E-state index contributed by atoms with van der Waals surface area (Å²) in [5.74, 6) is 1.10. The third-order valence-electron chi connectivity index (χ3n) is 5.27. The summed E-state index contributed by atoms with van der Waals surface area (Å²) in [6, 6.07) is 13.1. The topological polar surface area (TPSA) is 92.8 Å². The van der Waals surface area contributed by atoms with E-state index in [4.69, 9.17) is 9.47 Å². The van der Waals surface area contributed by atoms with Crippen LogP contribution in [0.5, 0.6) is 11.5 Å². The second kappa shape index (κ2) is 11.1. The first-order valence-corrected chi connectivity index (χ1v) is 12.1. The molecule has 3 aromatic rings. The average Bonchev–Trinajstić information content (AvgIpc) is 3.26. The van der Waals surface area contributed by atoms with Crippen LogP contribution < -0.4 is 20.1 Å². The molecule has 0 unspecified atom stereocenters. The summed E-state index contributed by atoms with van der Waals surface area (Å²) in [6.45, 7) is 6.48. The minimum absolute atomic E-state index is 0.101. The van der Waals surface area contributed by atoms with Gasteiger partial charge in [0.25, 0.3) is 0 Å². The Bertz CT molecular complexity index is 1150. The third kappa shape index (κ3) is 6.55. The second-order valence-corrected chi connectivity index (χ2v) is 8.98. The summed E-state index contributed by atoms with van der Waals surface area (Å²) in [7, 11) is 0. The van der Waals surface area contributed by atoms with Gasteiger partial charge in [-0.2, -0.15) is 0 Å². The molecule has 4 rings (SSSR count). The number of rotatable bonds is 9. The van der Waals surface area contributed by atoms with E-state index in [2.05, 4.69) is 15.6 Å². The molecule has 0 spiro atoms. The second-order valence-electron chi connectivity index (χ2n) is 8.03. The molecular weight excluding hydrogens is 452 g/mol. The predicted octanol–water partition coefficient (Wildman–Crippen LogP) is 3.86. The van der Waals surface area contributed by atoms with Crippen LogP contribution in [0.1, 0.15) is 23.2 Å². The Morgan fingerprint density at radius 2 is 1.71 bits per heavy atom. The number of carbonyl (C=O) groups is 2. The first kappa shape index (κ1) is 23.7. The van der Waals surface area contributed by atoms with Crippen molar-refractivity contribution >= 4 is 34.5 Å². The van der Waals surface area contributed by atoms with E-state index in [-0.39, 0.29) is 24.8 Å². The molecule has 2 heterocycles. The number of anilines is 2. The third-order valence-corrected chi connectivity index (χ3v) is 6.17. The molecule has 2 amide bonds. The highest BCUT2D eigenvalue weighted by Gasteiger charge is 2.16. The number of thiazole rings is 1. The summed E-state index contributed by atoms with van der Waals surface area (Å²) >= 11 is 1.45. The molecule has 9 heteroatoms. The van der Waals surface area contributed by atoms with Crippen LogP contribution in [0.2, 0.25) is 0 Å². The SMILES string of the molecule is CCN(CC(=O)Nc1ccc2c(c1)OCCO2)Cc1csc(CC(=O)Nc2ccc(C)cc2)n1. The summed E-state index contributed by atoms with van der Waals surface area (Å²) < 4.78 is 11.1. The van der Waals surface area contributed by atoms with Crippen molar-refractivity contribution in [2.45, 2.75) is 26.8 Å². The molecule has 0 fully saturated rings. The van der Waals surface area contributed by atoms with Gasteiger partial charge in [-0.1, -0.05) is 24.6 Å². The van der Waals surface area contributed by atoms with Gasteiger partial charge in [-0.3, -0.25) is 14.5 Å². The van der Waals surface area contributed by atoms with Gasteiger partial charge < -0.3 is 20.1 Å². The molecule has 1 aromatic heterocycles. The zero-order chi connectivity index (χ0) is 23.9. The number of likely N-dealkylation sites (N-methyl/N-ethyl adjacent to an activating group) is 1. The van der Waals surface area contributed by atoms with Crippen LogP contribution in [-0.4, -0.2) is 48.0 Å². The summed E-state index contributed by atoms with van der Waals surface area (Å²) in [5.41, 5.74) is 3.43. The van der Waals surface area contributed by atoms with Crippen molar-refractivity contribution < 1.29 is 19.1 Å². The van der Waals surface area contributed by atoms with Crippen molar-refractivity contribution in [2.24, 2.45) is 0 Å². The van der Waals surface area contributed by atoms with Crippen LogP contribution in [0.15, 0.2) is 47.8 Å². The molecule has 2 N–H and O–H groups in total. The fourth-order valence-electron chi connectivity index (χ4n) is 3.52. The molecule has 0 aliphatic carbocycles. The number of carbonyl (C=O) groups excluding carboxylic acids is 2. The van der Waals surface area contributed by atoms with Gasteiger partial charge in [-0.15, -0.1) is 11.3 Å². The summed E-state index contributed by atoms with van der Waals surface area (Å²) in [5, 5.41) is 8.50. The van der Waals surface area contributed by atoms with Gasteiger partial charge in [0.2, 0.25) is 11.8 Å². The van der Waals surface area contributed by atoms with Crippen molar-refractivity contribution in [1.29, 1.82) is 0 Å². The van der Waals surface area contributed by atoms with E-state index in [1.54, 1.807) is 18.2 Å². The van der Waals surface area contributed by atoms with E-state index in [9.17, 15) is 9.59 Å². The van der Waals surface area contributed by atoms with Gasteiger partial charge in [-0.25, -0.2) is 4.98 Å². The minimum atomic E-state index is -0.119. The molecule has 34 heavy (non-hydrogen) atoms. The van der Waals surface area contributed by atoms with Crippen molar-refractivity contribution in [2.75, 3.05) is 36.9 Å². The molecule has 1 aliphatic rings. The fourth-order valence-corrected chi connectivity index (χ4v) is 4.30.